The van der Waals surface area contributed by atoms with Crippen LogP contribution in [0.3, 0.4) is 0 Å². The third-order valence-electron chi connectivity index (χ3n) is 2.33. The maximum absolute atomic E-state index is 11.1. The molecule has 2 heterocycles. The fraction of sp³-hybridized carbons (Fsp3) is 0.364. The SMILES string of the molecule is CC(=O)c1ccc(C2=CCNCC2)s1. The predicted molar refractivity (Wildman–Crippen MR) is 59.8 cm³/mol. The molecule has 0 aliphatic carbocycles. The molecule has 14 heavy (non-hydrogen) atoms. The van der Waals surface area contributed by atoms with Crippen molar-refractivity contribution in [3.63, 3.8) is 0 Å². The van der Waals surface area contributed by atoms with Crippen molar-refractivity contribution >= 4 is 22.7 Å². The van der Waals surface area contributed by atoms with Gasteiger partial charge in [-0.05, 0) is 37.6 Å². The number of thiophene rings is 1. The molecule has 1 aliphatic heterocycles. The van der Waals surface area contributed by atoms with Gasteiger partial charge < -0.3 is 5.32 Å². The standard InChI is InChI=1S/C11H13NOS/c1-8(13)10-2-3-11(14-10)9-4-6-12-7-5-9/h2-4,12H,5-7H2,1H3. The van der Waals surface area contributed by atoms with Gasteiger partial charge in [0, 0.05) is 11.4 Å². The van der Waals surface area contributed by atoms with E-state index >= 15 is 0 Å². The predicted octanol–water partition coefficient (Wildman–Crippen LogP) is 2.33. The Morgan fingerprint density at radius 3 is 2.93 bits per heavy atom. The summed E-state index contributed by atoms with van der Waals surface area (Å²) in [5.41, 5.74) is 1.38. The van der Waals surface area contributed by atoms with Crippen LogP contribution in [-0.2, 0) is 0 Å². The van der Waals surface area contributed by atoms with E-state index in [4.69, 9.17) is 0 Å². The van der Waals surface area contributed by atoms with Crippen LogP contribution in [0.15, 0.2) is 18.2 Å². The largest absolute Gasteiger partial charge is 0.313 e. The van der Waals surface area contributed by atoms with Gasteiger partial charge in [-0.25, -0.2) is 0 Å². The van der Waals surface area contributed by atoms with Crippen molar-refractivity contribution in [2.24, 2.45) is 0 Å². The average molecular weight is 207 g/mol. The molecule has 0 fully saturated rings. The molecule has 74 valence electrons. The van der Waals surface area contributed by atoms with E-state index < -0.39 is 0 Å². The lowest BCUT2D eigenvalue weighted by Gasteiger charge is -2.11. The minimum atomic E-state index is 0.163. The van der Waals surface area contributed by atoms with Crippen molar-refractivity contribution in [1.29, 1.82) is 0 Å². The van der Waals surface area contributed by atoms with Crippen LogP contribution in [0.25, 0.3) is 5.57 Å². The van der Waals surface area contributed by atoms with E-state index in [9.17, 15) is 4.79 Å². The van der Waals surface area contributed by atoms with Crippen LogP contribution in [0, 0.1) is 0 Å². The molecule has 3 heteroatoms. The van der Waals surface area contributed by atoms with E-state index in [1.807, 2.05) is 6.07 Å². The minimum absolute atomic E-state index is 0.163. The number of carbonyl (C=O) groups is 1. The molecule has 2 nitrogen and oxygen atoms in total. The highest BCUT2D eigenvalue weighted by Gasteiger charge is 2.09. The molecular weight excluding hydrogens is 194 g/mol. The van der Waals surface area contributed by atoms with Gasteiger partial charge in [-0.3, -0.25) is 4.79 Å². The Morgan fingerprint density at radius 2 is 2.36 bits per heavy atom. The highest BCUT2D eigenvalue weighted by Crippen LogP contribution is 2.27. The van der Waals surface area contributed by atoms with E-state index in [0.29, 0.717) is 0 Å². The van der Waals surface area contributed by atoms with Crippen LogP contribution < -0.4 is 5.32 Å². The molecule has 0 bridgehead atoms. The average Bonchev–Trinajstić information content (AvgIpc) is 2.68. The van der Waals surface area contributed by atoms with Crippen molar-refractivity contribution in [1.82, 2.24) is 5.32 Å². The van der Waals surface area contributed by atoms with Gasteiger partial charge in [0.25, 0.3) is 0 Å². The summed E-state index contributed by atoms with van der Waals surface area (Å²) in [6, 6.07) is 3.98. The number of Topliss-reactive ketones (excluding diaryl/α,β-unsaturated/α-hetero) is 1. The first-order chi connectivity index (χ1) is 6.77. The first-order valence-electron chi connectivity index (χ1n) is 4.78. The second-order valence-corrected chi connectivity index (χ2v) is 4.49. The highest BCUT2D eigenvalue weighted by molar-refractivity contribution is 7.15. The van der Waals surface area contributed by atoms with Crippen LogP contribution in [0.1, 0.15) is 27.9 Å². The first kappa shape index (κ1) is 9.62. The zero-order valence-electron chi connectivity index (χ0n) is 8.17. The molecule has 1 aliphatic rings. The maximum atomic E-state index is 11.1. The van der Waals surface area contributed by atoms with Crippen molar-refractivity contribution in [3.8, 4) is 0 Å². The maximum Gasteiger partial charge on any atom is 0.169 e. The highest BCUT2D eigenvalue weighted by atomic mass is 32.1. The summed E-state index contributed by atoms with van der Waals surface area (Å²) in [6.07, 6.45) is 3.27. The lowest BCUT2D eigenvalue weighted by atomic mass is 10.1. The van der Waals surface area contributed by atoms with Gasteiger partial charge in [0.2, 0.25) is 0 Å². The Balaban J connectivity index is 2.23. The summed E-state index contributed by atoms with van der Waals surface area (Å²) in [5, 5.41) is 3.28. The molecule has 1 aromatic heterocycles. The third kappa shape index (κ3) is 1.94. The van der Waals surface area contributed by atoms with Crippen molar-refractivity contribution < 1.29 is 4.79 Å². The number of hydrogen-bond acceptors (Lipinski definition) is 3. The van der Waals surface area contributed by atoms with Crippen LogP contribution in [0.5, 0.6) is 0 Å². The van der Waals surface area contributed by atoms with E-state index in [-0.39, 0.29) is 5.78 Å². The van der Waals surface area contributed by atoms with Crippen molar-refractivity contribution in [2.75, 3.05) is 13.1 Å². The molecule has 0 radical (unpaired) electrons. The number of ketones is 1. The van der Waals surface area contributed by atoms with E-state index in [1.54, 1.807) is 18.3 Å². The van der Waals surface area contributed by atoms with Gasteiger partial charge in [-0.15, -0.1) is 11.3 Å². The minimum Gasteiger partial charge on any atom is -0.313 e. The summed E-state index contributed by atoms with van der Waals surface area (Å²) in [5.74, 6) is 0.163. The lowest BCUT2D eigenvalue weighted by molar-refractivity contribution is 0.102. The van der Waals surface area contributed by atoms with E-state index in [0.717, 1.165) is 24.4 Å². The van der Waals surface area contributed by atoms with Gasteiger partial charge >= 0.3 is 0 Å². The molecule has 0 saturated heterocycles. The Hall–Kier alpha value is -0.930. The molecule has 0 aromatic carbocycles. The van der Waals surface area contributed by atoms with Crippen molar-refractivity contribution in [3.05, 3.63) is 28.0 Å². The molecule has 0 amide bonds. The summed E-state index contributed by atoms with van der Waals surface area (Å²) < 4.78 is 0. The van der Waals surface area contributed by atoms with Gasteiger partial charge in [0.05, 0.1) is 4.88 Å². The molecule has 1 N–H and O–H groups in total. The van der Waals surface area contributed by atoms with Crippen LogP contribution in [0.2, 0.25) is 0 Å². The quantitative estimate of drug-likeness (QED) is 0.754. The summed E-state index contributed by atoms with van der Waals surface area (Å²) >= 11 is 1.60. The van der Waals surface area contributed by atoms with E-state index in [1.165, 1.54) is 10.5 Å². The topological polar surface area (TPSA) is 29.1 Å². The molecule has 0 atom stereocenters. The second-order valence-electron chi connectivity index (χ2n) is 3.40. The third-order valence-corrected chi connectivity index (χ3v) is 3.60. The number of nitrogens with one attached hydrogen (secondary N) is 1. The van der Waals surface area contributed by atoms with Crippen LogP contribution in [-0.4, -0.2) is 18.9 Å². The number of rotatable bonds is 2. The summed E-state index contributed by atoms with van der Waals surface area (Å²) in [4.78, 5) is 13.2. The Morgan fingerprint density at radius 1 is 1.50 bits per heavy atom. The second kappa shape index (κ2) is 4.07. The molecular formula is C11H13NOS. The monoisotopic (exact) mass is 207 g/mol. The molecule has 0 spiro atoms. The van der Waals surface area contributed by atoms with Gasteiger partial charge in [0.15, 0.2) is 5.78 Å². The first-order valence-corrected chi connectivity index (χ1v) is 5.60. The zero-order chi connectivity index (χ0) is 9.97. The summed E-state index contributed by atoms with van der Waals surface area (Å²) in [6.45, 7) is 3.61. The van der Waals surface area contributed by atoms with Gasteiger partial charge in [0.1, 0.15) is 0 Å². The van der Waals surface area contributed by atoms with Crippen molar-refractivity contribution in [2.45, 2.75) is 13.3 Å². The van der Waals surface area contributed by atoms with Gasteiger partial charge in [-0.2, -0.15) is 0 Å². The fourth-order valence-corrected chi connectivity index (χ4v) is 2.52. The fourth-order valence-electron chi connectivity index (χ4n) is 1.55. The Bertz CT molecular complexity index is 378. The smallest absolute Gasteiger partial charge is 0.169 e. The molecule has 2 rings (SSSR count). The summed E-state index contributed by atoms with van der Waals surface area (Å²) in [7, 11) is 0. The molecule has 1 aromatic rings. The van der Waals surface area contributed by atoms with Crippen LogP contribution in [0.4, 0.5) is 0 Å². The normalized spacial score (nSPS) is 16.5. The lowest BCUT2D eigenvalue weighted by Crippen LogP contribution is -2.19. The molecule has 0 unspecified atom stereocenters. The Kier molecular flexibility index (Phi) is 2.79. The van der Waals surface area contributed by atoms with E-state index in [2.05, 4.69) is 17.5 Å². The number of hydrogen-bond donors (Lipinski definition) is 1. The Labute approximate surface area is 87.6 Å². The molecule has 0 saturated carbocycles. The number of carbonyl (C=O) groups excluding carboxylic acids is 1. The van der Waals surface area contributed by atoms with Crippen LogP contribution >= 0.6 is 11.3 Å². The zero-order valence-corrected chi connectivity index (χ0v) is 8.99. The van der Waals surface area contributed by atoms with Gasteiger partial charge in [-0.1, -0.05) is 6.08 Å².